The fraction of sp³-hybridized carbons (Fsp3) is 0.158. The van der Waals surface area contributed by atoms with E-state index in [2.05, 4.69) is 9.97 Å². The zero-order chi connectivity index (χ0) is 21.9. The van der Waals surface area contributed by atoms with Gasteiger partial charge in [-0.1, -0.05) is 17.7 Å². The van der Waals surface area contributed by atoms with Crippen LogP contribution in [0.15, 0.2) is 54.7 Å². The van der Waals surface area contributed by atoms with Gasteiger partial charge in [0.05, 0.1) is 17.7 Å². The van der Waals surface area contributed by atoms with Gasteiger partial charge in [-0.05, 0) is 30.7 Å². The van der Waals surface area contributed by atoms with Crippen LogP contribution in [0.4, 0.5) is 17.6 Å². The summed E-state index contributed by atoms with van der Waals surface area (Å²) in [6.45, 7) is 0.394. The SMILES string of the molecule is NN/C(=C(\N)c1ccnc(-c2cn(CCc3c(F)cccc3Cl)cn2)c1)C(F)(F)F. The topological polar surface area (TPSA) is 94.8 Å². The van der Waals surface area contributed by atoms with Gasteiger partial charge in [-0.15, -0.1) is 0 Å². The van der Waals surface area contributed by atoms with Crippen molar-refractivity contribution < 1.29 is 17.6 Å². The minimum absolute atomic E-state index is 0.0814. The lowest BCUT2D eigenvalue weighted by Gasteiger charge is -2.14. The van der Waals surface area contributed by atoms with Gasteiger partial charge in [0.2, 0.25) is 0 Å². The van der Waals surface area contributed by atoms with E-state index in [1.165, 1.54) is 36.8 Å². The van der Waals surface area contributed by atoms with E-state index in [4.69, 9.17) is 23.2 Å². The van der Waals surface area contributed by atoms with Gasteiger partial charge in [0.25, 0.3) is 0 Å². The second-order valence-corrected chi connectivity index (χ2v) is 6.71. The summed E-state index contributed by atoms with van der Waals surface area (Å²) in [5.41, 5.74) is 6.62. The Labute approximate surface area is 174 Å². The van der Waals surface area contributed by atoms with Crippen LogP contribution in [-0.2, 0) is 13.0 Å². The number of rotatable bonds is 6. The number of nitrogens with one attached hydrogen (secondary N) is 1. The van der Waals surface area contributed by atoms with Crippen LogP contribution in [-0.4, -0.2) is 20.7 Å². The van der Waals surface area contributed by atoms with Crippen LogP contribution in [0.5, 0.6) is 0 Å². The number of allylic oxidation sites excluding steroid dienone is 1. The summed E-state index contributed by atoms with van der Waals surface area (Å²) in [5.74, 6) is 4.58. The molecule has 5 N–H and O–H groups in total. The normalized spacial score (nSPS) is 12.6. The molecular weight excluding hydrogens is 424 g/mol. The number of pyridine rings is 1. The van der Waals surface area contributed by atoms with Gasteiger partial charge in [0.15, 0.2) is 5.70 Å². The van der Waals surface area contributed by atoms with Crippen molar-refractivity contribution in [3.63, 3.8) is 0 Å². The van der Waals surface area contributed by atoms with Crippen LogP contribution in [0.25, 0.3) is 17.1 Å². The number of benzene rings is 1. The highest BCUT2D eigenvalue weighted by molar-refractivity contribution is 6.31. The summed E-state index contributed by atoms with van der Waals surface area (Å²) < 4.78 is 54.6. The van der Waals surface area contributed by atoms with E-state index in [0.717, 1.165) is 0 Å². The average Bonchev–Trinajstić information content (AvgIpc) is 3.16. The van der Waals surface area contributed by atoms with Gasteiger partial charge < -0.3 is 15.7 Å². The van der Waals surface area contributed by atoms with E-state index >= 15 is 0 Å². The van der Waals surface area contributed by atoms with Crippen molar-refractivity contribution in [2.75, 3.05) is 0 Å². The van der Waals surface area contributed by atoms with Gasteiger partial charge >= 0.3 is 6.18 Å². The molecule has 0 aliphatic heterocycles. The molecule has 11 heteroatoms. The van der Waals surface area contributed by atoms with Crippen LogP contribution < -0.4 is 17.0 Å². The molecule has 0 amide bonds. The molecule has 0 atom stereocenters. The van der Waals surface area contributed by atoms with Gasteiger partial charge in [-0.25, -0.2) is 9.37 Å². The quantitative estimate of drug-likeness (QED) is 0.309. The van der Waals surface area contributed by atoms with Crippen molar-refractivity contribution in [2.24, 2.45) is 11.6 Å². The van der Waals surface area contributed by atoms with Crippen molar-refractivity contribution in [2.45, 2.75) is 19.1 Å². The molecule has 0 saturated heterocycles. The Balaban J connectivity index is 1.82. The Hall–Kier alpha value is -3.11. The predicted molar refractivity (Wildman–Crippen MR) is 105 cm³/mol. The van der Waals surface area contributed by atoms with Crippen molar-refractivity contribution in [1.29, 1.82) is 0 Å². The van der Waals surface area contributed by atoms with Crippen molar-refractivity contribution >= 4 is 17.3 Å². The monoisotopic (exact) mass is 440 g/mol. The number of hydrazine groups is 1. The number of imidazole rings is 1. The van der Waals surface area contributed by atoms with E-state index < -0.39 is 23.4 Å². The van der Waals surface area contributed by atoms with Crippen LogP contribution in [0.2, 0.25) is 5.02 Å². The number of hydrogen-bond donors (Lipinski definition) is 3. The summed E-state index contributed by atoms with van der Waals surface area (Å²) in [4.78, 5) is 8.34. The van der Waals surface area contributed by atoms with Gasteiger partial charge in [0, 0.05) is 35.1 Å². The molecule has 0 aliphatic carbocycles. The van der Waals surface area contributed by atoms with Gasteiger partial charge in [-0.3, -0.25) is 10.8 Å². The highest BCUT2D eigenvalue weighted by Gasteiger charge is 2.36. The molecule has 3 rings (SSSR count). The Morgan fingerprint density at radius 2 is 1.93 bits per heavy atom. The van der Waals surface area contributed by atoms with Gasteiger partial charge in [-0.2, -0.15) is 13.2 Å². The molecule has 0 spiro atoms. The maximum Gasteiger partial charge on any atom is 0.434 e. The Morgan fingerprint density at radius 1 is 1.17 bits per heavy atom. The number of nitrogens with zero attached hydrogens (tertiary/aromatic N) is 3. The lowest BCUT2D eigenvalue weighted by Crippen LogP contribution is -2.34. The highest BCUT2D eigenvalue weighted by Crippen LogP contribution is 2.28. The maximum absolute atomic E-state index is 13.9. The van der Waals surface area contributed by atoms with Crippen molar-refractivity contribution in [3.8, 4) is 11.4 Å². The molecule has 0 unspecified atom stereocenters. The molecule has 0 bridgehead atoms. The van der Waals surface area contributed by atoms with E-state index in [1.807, 2.05) is 0 Å². The third-order valence-electron chi connectivity index (χ3n) is 4.35. The van der Waals surface area contributed by atoms with E-state index in [9.17, 15) is 17.6 Å². The molecule has 158 valence electrons. The lowest BCUT2D eigenvalue weighted by atomic mass is 10.1. The fourth-order valence-electron chi connectivity index (χ4n) is 2.82. The first-order valence-corrected chi connectivity index (χ1v) is 9.03. The molecule has 3 aromatic rings. The van der Waals surface area contributed by atoms with Gasteiger partial charge in [0.1, 0.15) is 11.5 Å². The Kier molecular flexibility index (Phi) is 6.28. The van der Waals surface area contributed by atoms with E-state index in [0.29, 0.717) is 34.9 Å². The Morgan fingerprint density at radius 3 is 2.60 bits per heavy atom. The minimum atomic E-state index is -4.74. The summed E-state index contributed by atoms with van der Waals surface area (Å²) in [7, 11) is 0. The summed E-state index contributed by atoms with van der Waals surface area (Å²) in [6, 6.07) is 7.18. The molecule has 0 radical (unpaired) electrons. The number of aryl methyl sites for hydroxylation is 1. The molecule has 1 aromatic carbocycles. The molecule has 0 aliphatic rings. The summed E-state index contributed by atoms with van der Waals surface area (Å²) in [6.07, 6.45) is 0.0758. The fourth-order valence-corrected chi connectivity index (χ4v) is 3.08. The van der Waals surface area contributed by atoms with E-state index in [1.54, 1.807) is 22.3 Å². The first kappa shape index (κ1) is 21.6. The number of alkyl halides is 3. The molecule has 0 fully saturated rings. The van der Waals surface area contributed by atoms with Crippen LogP contribution in [0.1, 0.15) is 11.1 Å². The zero-order valence-electron chi connectivity index (χ0n) is 15.4. The number of aromatic nitrogens is 3. The van der Waals surface area contributed by atoms with Crippen molar-refractivity contribution in [1.82, 2.24) is 20.0 Å². The first-order valence-electron chi connectivity index (χ1n) is 8.65. The average molecular weight is 441 g/mol. The third kappa shape index (κ3) is 4.71. The molecule has 0 saturated carbocycles. The number of hydrogen-bond acceptors (Lipinski definition) is 5. The second-order valence-electron chi connectivity index (χ2n) is 6.31. The summed E-state index contributed by atoms with van der Waals surface area (Å²) in [5, 5.41) is 0.334. The standard InChI is InChI=1S/C19H17ClF4N6/c20-13-2-1-3-14(21)12(13)5-7-30-9-16(28-10-30)15-8-11(4-6-27-15)17(25)18(29-26)19(22,23)24/h1-4,6,8-10,29H,5,7,25-26H2/b18-17-. The predicted octanol–water partition coefficient (Wildman–Crippen LogP) is 3.63. The lowest BCUT2D eigenvalue weighted by molar-refractivity contribution is -0.0961. The largest absolute Gasteiger partial charge is 0.434 e. The van der Waals surface area contributed by atoms with Crippen LogP contribution >= 0.6 is 11.6 Å². The zero-order valence-corrected chi connectivity index (χ0v) is 16.2. The Bertz CT molecular complexity index is 1060. The molecule has 30 heavy (non-hydrogen) atoms. The first-order chi connectivity index (χ1) is 14.2. The highest BCUT2D eigenvalue weighted by atomic mass is 35.5. The third-order valence-corrected chi connectivity index (χ3v) is 4.70. The number of nitrogens with two attached hydrogens (primary N) is 2. The summed E-state index contributed by atoms with van der Waals surface area (Å²) >= 11 is 6.03. The molecule has 2 aromatic heterocycles. The van der Waals surface area contributed by atoms with Crippen LogP contribution in [0.3, 0.4) is 0 Å². The molecule has 2 heterocycles. The smallest absolute Gasteiger partial charge is 0.397 e. The minimum Gasteiger partial charge on any atom is -0.397 e. The number of halogens is 5. The van der Waals surface area contributed by atoms with Crippen molar-refractivity contribution in [3.05, 3.63) is 76.7 Å². The van der Waals surface area contributed by atoms with E-state index in [-0.39, 0.29) is 5.56 Å². The van der Waals surface area contributed by atoms with Crippen LogP contribution in [0, 0.1) is 5.82 Å². The maximum atomic E-state index is 13.9. The molecular formula is C19H17ClF4N6. The molecule has 6 nitrogen and oxygen atoms in total. The second kappa shape index (κ2) is 8.72.